The van der Waals surface area contributed by atoms with E-state index in [1.54, 1.807) is 26.2 Å². The molecule has 0 aliphatic rings. The molecule has 0 fully saturated rings. The van der Waals surface area contributed by atoms with Crippen LogP contribution in [0.3, 0.4) is 0 Å². The number of thioether (sulfide) groups is 1. The van der Waals surface area contributed by atoms with Gasteiger partial charge in [0.15, 0.2) is 11.0 Å². The van der Waals surface area contributed by atoms with Gasteiger partial charge in [0.2, 0.25) is 5.91 Å². The summed E-state index contributed by atoms with van der Waals surface area (Å²) in [5, 5.41) is 12.2. The fourth-order valence-corrected chi connectivity index (χ4v) is 4.01. The predicted molar refractivity (Wildman–Crippen MR) is 122 cm³/mol. The molecule has 0 aliphatic carbocycles. The Hall–Kier alpha value is -2.13. The number of halogens is 3. The number of benzene rings is 2. The highest BCUT2D eigenvalue weighted by atomic mass is 35.5. The van der Waals surface area contributed by atoms with Gasteiger partial charge in [0, 0.05) is 30.8 Å². The van der Waals surface area contributed by atoms with Crippen LogP contribution in [0.15, 0.2) is 47.6 Å². The van der Waals surface area contributed by atoms with Crippen LogP contribution in [0.4, 0.5) is 10.1 Å². The Morgan fingerprint density at radius 2 is 1.97 bits per heavy atom. The molecule has 3 aromatic rings. The maximum absolute atomic E-state index is 13.2. The van der Waals surface area contributed by atoms with Gasteiger partial charge < -0.3 is 14.6 Å². The van der Waals surface area contributed by atoms with Crippen molar-refractivity contribution in [1.29, 1.82) is 0 Å². The van der Waals surface area contributed by atoms with Gasteiger partial charge in [0.25, 0.3) is 0 Å². The van der Waals surface area contributed by atoms with Crippen LogP contribution in [0.25, 0.3) is 11.4 Å². The average Bonchev–Trinajstić information content (AvgIpc) is 3.13. The zero-order valence-corrected chi connectivity index (χ0v) is 19.3. The summed E-state index contributed by atoms with van der Waals surface area (Å²) in [7, 11) is 1.65. The minimum Gasteiger partial charge on any atom is -0.385 e. The summed E-state index contributed by atoms with van der Waals surface area (Å²) < 4.78 is 20.4. The number of methoxy groups -OCH3 is 1. The van der Waals surface area contributed by atoms with Crippen molar-refractivity contribution >= 4 is 46.6 Å². The highest BCUT2D eigenvalue weighted by Crippen LogP contribution is 2.29. The standard InChI is InChI=1S/C21H21Cl2FN4O2S/c1-13(20(29)25-18-9-8-16(24)12-17(18)23)31-21-27-26-19(28(21)10-3-11-30-2)14-4-6-15(22)7-5-14/h4-9,12-13H,3,10-11H2,1-2H3,(H,25,29). The zero-order chi connectivity index (χ0) is 22.4. The van der Waals surface area contributed by atoms with Crippen molar-refractivity contribution in [3.05, 3.63) is 58.3 Å². The summed E-state index contributed by atoms with van der Waals surface area (Å²) in [6.45, 7) is 2.97. The van der Waals surface area contributed by atoms with E-state index in [0.717, 1.165) is 18.1 Å². The molecule has 1 heterocycles. The van der Waals surface area contributed by atoms with Gasteiger partial charge in [-0.2, -0.15) is 0 Å². The molecule has 0 saturated heterocycles. The van der Waals surface area contributed by atoms with E-state index < -0.39 is 11.1 Å². The minimum atomic E-state index is -0.496. The molecular formula is C21H21Cl2FN4O2S. The summed E-state index contributed by atoms with van der Waals surface area (Å²) in [6.07, 6.45) is 0.758. The molecule has 1 aromatic heterocycles. The molecule has 3 rings (SSSR count). The Balaban J connectivity index is 1.78. The number of anilines is 1. The number of carbonyl (C=O) groups excluding carboxylic acids is 1. The number of ether oxygens (including phenoxy) is 1. The minimum absolute atomic E-state index is 0.137. The molecule has 1 amide bonds. The predicted octanol–water partition coefficient (Wildman–Crippen LogP) is 5.55. The van der Waals surface area contributed by atoms with Gasteiger partial charge in [0.1, 0.15) is 5.82 Å². The van der Waals surface area contributed by atoms with Gasteiger partial charge in [-0.15, -0.1) is 10.2 Å². The Kier molecular flexibility index (Phi) is 8.31. The molecule has 1 N–H and O–H groups in total. The van der Waals surface area contributed by atoms with Crippen molar-refractivity contribution in [1.82, 2.24) is 14.8 Å². The topological polar surface area (TPSA) is 69.0 Å². The summed E-state index contributed by atoms with van der Waals surface area (Å²) >= 11 is 13.3. The summed E-state index contributed by atoms with van der Waals surface area (Å²) in [5.41, 5.74) is 1.22. The molecule has 0 saturated carbocycles. The molecule has 31 heavy (non-hydrogen) atoms. The van der Waals surface area contributed by atoms with Gasteiger partial charge in [-0.05, 0) is 55.8 Å². The number of rotatable bonds is 9. The number of hydrogen-bond donors (Lipinski definition) is 1. The zero-order valence-electron chi connectivity index (χ0n) is 16.9. The third kappa shape index (κ3) is 6.20. The molecule has 1 atom stereocenters. The van der Waals surface area contributed by atoms with Crippen LogP contribution in [0.5, 0.6) is 0 Å². The highest BCUT2D eigenvalue weighted by Gasteiger charge is 2.21. The molecule has 0 aliphatic heterocycles. The first-order valence-electron chi connectivity index (χ1n) is 9.49. The number of hydrogen-bond acceptors (Lipinski definition) is 5. The van der Waals surface area contributed by atoms with E-state index in [1.165, 1.54) is 23.9 Å². The van der Waals surface area contributed by atoms with Gasteiger partial charge in [-0.25, -0.2) is 4.39 Å². The Bertz CT molecular complexity index is 1050. The van der Waals surface area contributed by atoms with Crippen LogP contribution in [-0.4, -0.2) is 39.6 Å². The van der Waals surface area contributed by atoms with Crippen molar-refractivity contribution in [2.24, 2.45) is 0 Å². The molecule has 0 spiro atoms. The number of nitrogens with zero attached hydrogens (tertiary/aromatic N) is 3. The lowest BCUT2D eigenvalue weighted by molar-refractivity contribution is -0.115. The molecule has 10 heteroatoms. The SMILES string of the molecule is COCCCn1c(SC(C)C(=O)Nc2ccc(F)cc2Cl)nnc1-c1ccc(Cl)cc1. The number of amides is 1. The Morgan fingerprint density at radius 1 is 1.23 bits per heavy atom. The van der Waals surface area contributed by atoms with Gasteiger partial charge in [0.05, 0.1) is 16.0 Å². The fourth-order valence-electron chi connectivity index (χ4n) is 2.79. The average molecular weight is 483 g/mol. The number of aromatic nitrogens is 3. The van der Waals surface area contributed by atoms with Crippen LogP contribution in [0, 0.1) is 5.82 Å². The maximum atomic E-state index is 13.2. The van der Waals surface area contributed by atoms with Crippen LogP contribution in [0.2, 0.25) is 10.0 Å². The van der Waals surface area contributed by atoms with Crippen molar-refractivity contribution < 1.29 is 13.9 Å². The van der Waals surface area contributed by atoms with E-state index in [0.29, 0.717) is 34.8 Å². The van der Waals surface area contributed by atoms with Gasteiger partial charge in [-0.1, -0.05) is 35.0 Å². The lowest BCUT2D eigenvalue weighted by Crippen LogP contribution is -2.23. The van der Waals surface area contributed by atoms with Gasteiger partial charge >= 0.3 is 0 Å². The Labute approximate surface area is 194 Å². The molecule has 1 unspecified atom stereocenters. The van der Waals surface area contributed by atoms with Crippen molar-refractivity contribution in [2.75, 3.05) is 19.0 Å². The van der Waals surface area contributed by atoms with Crippen molar-refractivity contribution in [2.45, 2.75) is 30.3 Å². The monoisotopic (exact) mass is 482 g/mol. The molecular weight excluding hydrogens is 462 g/mol. The number of nitrogens with one attached hydrogen (secondary N) is 1. The maximum Gasteiger partial charge on any atom is 0.237 e. The first-order chi connectivity index (χ1) is 14.9. The largest absolute Gasteiger partial charge is 0.385 e. The smallest absolute Gasteiger partial charge is 0.237 e. The van der Waals surface area contributed by atoms with Crippen LogP contribution < -0.4 is 5.32 Å². The molecule has 6 nitrogen and oxygen atoms in total. The van der Waals surface area contributed by atoms with Crippen LogP contribution in [-0.2, 0) is 16.1 Å². The molecule has 0 bridgehead atoms. The normalized spacial score (nSPS) is 12.0. The first kappa shape index (κ1) is 23.5. The van der Waals surface area contributed by atoms with E-state index in [1.807, 2.05) is 16.7 Å². The molecule has 0 radical (unpaired) electrons. The molecule has 2 aromatic carbocycles. The summed E-state index contributed by atoms with van der Waals surface area (Å²) in [5.74, 6) is -0.0632. The van der Waals surface area contributed by atoms with E-state index in [2.05, 4.69) is 15.5 Å². The van der Waals surface area contributed by atoms with E-state index in [9.17, 15) is 9.18 Å². The third-order valence-electron chi connectivity index (χ3n) is 4.39. The van der Waals surface area contributed by atoms with Gasteiger partial charge in [-0.3, -0.25) is 4.79 Å². The van der Waals surface area contributed by atoms with Crippen LogP contribution >= 0.6 is 35.0 Å². The van der Waals surface area contributed by atoms with Crippen molar-refractivity contribution in [3.63, 3.8) is 0 Å². The second-order valence-corrected chi connectivity index (χ2v) is 8.84. The summed E-state index contributed by atoms with van der Waals surface area (Å²) in [4.78, 5) is 12.7. The number of carbonyl (C=O) groups is 1. The van der Waals surface area contributed by atoms with E-state index in [4.69, 9.17) is 27.9 Å². The van der Waals surface area contributed by atoms with Crippen LogP contribution in [0.1, 0.15) is 13.3 Å². The third-order valence-corrected chi connectivity index (χ3v) is 6.04. The Morgan fingerprint density at radius 3 is 2.65 bits per heavy atom. The lowest BCUT2D eigenvalue weighted by atomic mass is 10.2. The fraction of sp³-hybridized carbons (Fsp3) is 0.286. The quantitative estimate of drug-likeness (QED) is 0.320. The van der Waals surface area contributed by atoms with Crippen molar-refractivity contribution in [3.8, 4) is 11.4 Å². The molecule has 164 valence electrons. The lowest BCUT2D eigenvalue weighted by Gasteiger charge is -2.14. The second kappa shape index (κ2) is 10.9. The highest BCUT2D eigenvalue weighted by molar-refractivity contribution is 8.00. The van der Waals surface area contributed by atoms with E-state index in [-0.39, 0.29) is 10.9 Å². The van der Waals surface area contributed by atoms with E-state index >= 15 is 0 Å². The summed E-state index contributed by atoms with van der Waals surface area (Å²) in [6, 6.07) is 11.2. The first-order valence-corrected chi connectivity index (χ1v) is 11.1. The second-order valence-electron chi connectivity index (χ2n) is 6.68.